The van der Waals surface area contributed by atoms with Gasteiger partial charge in [0.2, 0.25) is 0 Å². The number of carbonyl (C=O) groups is 2. The van der Waals surface area contributed by atoms with Gasteiger partial charge in [0.05, 0.1) is 0 Å². The van der Waals surface area contributed by atoms with Crippen LogP contribution in [0.4, 0.5) is 4.79 Å². The smallest absolute Gasteiger partial charge is 0.410 e. The maximum absolute atomic E-state index is 11.9. The van der Waals surface area contributed by atoms with Crippen LogP contribution >= 0.6 is 0 Å². The molecule has 98 valence electrons. The van der Waals surface area contributed by atoms with Gasteiger partial charge in [0, 0.05) is 18.5 Å². The number of hydrogen-bond acceptors (Lipinski definition) is 3. The molecule has 1 amide bonds. The van der Waals surface area contributed by atoms with E-state index in [0.717, 1.165) is 12.8 Å². The quantitative estimate of drug-likeness (QED) is 0.709. The molecular weight excluding hydrogens is 218 g/mol. The molecule has 1 aliphatic rings. The molecule has 0 aromatic carbocycles. The molecule has 0 aromatic rings. The van der Waals surface area contributed by atoms with Crippen LogP contribution in [0.2, 0.25) is 0 Å². The number of nitrogens with zero attached hydrogens (tertiary/aromatic N) is 1. The summed E-state index contributed by atoms with van der Waals surface area (Å²) < 4.78 is 5.33. The summed E-state index contributed by atoms with van der Waals surface area (Å²) in [5, 5.41) is 0. The molecule has 1 aliphatic heterocycles. The van der Waals surface area contributed by atoms with Crippen LogP contribution in [0.1, 0.15) is 47.5 Å². The Morgan fingerprint density at radius 3 is 2.35 bits per heavy atom. The summed E-state index contributed by atoms with van der Waals surface area (Å²) in [4.78, 5) is 25.2. The fraction of sp³-hybridized carbons (Fsp3) is 0.846. The number of carbonyl (C=O) groups excluding carboxylic acids is 2. The predicted molar refractivity (Wildman–Crippen MR) is 65.8 cm³/mol. The summed E-state index contributed by atoms with van der Waals surface area (Å²) in [6.45, 7) is 10.2. The second kappa shape index (κ2) is 4.67. The van der Waals surface area contributed by atoms with Gasteiger partial charge in [-0.05, 0) is 40.5 Å². The van der Waals surface area contributed by atoms with Crippen LogP contribution < -0.4 is 0 Å². The third-order valence-corrected chi connectivity index (χ3v) is 3.20. The van der Waals surface area contributed by atoms with Crippen molar-refractivity contribution >= 4 is 11.9 Å². The number of piperidine rings is 1. The molecule has 0 saturated carbocycles. The van der Waals surface area contributed by atoms with Gasteiger partial charge < -0.3 is 9.64 Å². The van der Waals surface area contributed by atoms with Crippen LogP contribution in [-0.2, 0) is 9.53 Å². The maximum Gasteiger partial charge on any atom is 0.410 e. The van der Waals surface area contributed by atoms with E-state index in [-0.39, 0.29) is 11.9 Å². The minimum absolute atomic E-state index is 0.144. The van der Waals surface area contributed by atoms with E-state index in [1.54, 1.807) is 11.8 Å². The SMILES string of the molecule is CC(=O)C1(C)CCCN(C(=O)OC(C)(C)C)C1. The largest absolute Gasteiger partial charge is 0.444 e. The van der Waals surface area contributed by atoms with Gasteiger partial charge in [0.25, 0.3) is 0 Å². The van der Waals surface area contributed by atoms with Crippen molar-refractivity contribution in [1.29, 1.82) is 0 Å². The lowest BCUT2D eigenvalue weighted by Crippen LogP contribution is -2.49. The highest BCUT2D eigenvalue weighted by molar-refractivity contribution is 5.83. The maximum atomic E-state index is 11.9. The number of hydrogen-bond donors (Lipinski definition) is 0. The zero-order chi connectivity index (χ0) is 13.3. The molecule has 4 heteroatoms. The van der Waals surface area contributed by atoms with Crippen molar-refractivity contribution in [2.24, 2.45) is 5.41 Å². The van der Waals surface area contributed by atoms with Crippen molar-refractivity contribution in [3.8, 4) is 0 Å². The molecule has 4 nitrogen and oxygen atoms in total. The van der Waals surface area contributed by atoms with Gasteiger partial charge in [-0.3, -0.25) is 4.79 Å². The molecule has 1 rings (SSSR count). The minimum Gasteiger partial charge on any atom is -0.444 e. The first-order valence-electron chi connectivity index (χ1n) is 6.13. The number of Topliss-reactive ketones (excluding diaryl/α,β-unsaturated/α-hetero) is 1. The first kappa shape index (κ1) is 14.0. The lowest BCUT2D eigenvalue weighted by molar-refractivity contribution is -0.128. The number of amides is 1. The van der Waals surface area contributed by atoms with Crippen LogP contribution in [0, 0.1) is 5.41 Å². The van der Waals surface area contributed by atoms with E-state index in [2.05, 4.69) is 0 Å². The second-order valence-electron chi connectivity index (χ2n) is 6.12. The van der Waals surface area contributed by atoms with E-state index in [0.29, 0.717) is 13.1 Å². The minimum atomic E-state index is -0.485. The molecule has 0 bridgehead atoms. The Morgan fingerprint density at radius 1 is 1.29 bits per heavy atom. The Balaban J connectivity index is 2.67. The molecule has 1 fully saturated rings. The van der Waals surface area contributed by atoms with Crippen molar-refractivity contribution < 1.29 is 14.3 Å². The van der Waals surface area contributed by atoms with Crippen LogP contribution in [-0.4, -0.2) is 35.5 Å². The standard InChI is InChI=1S/C13H23NO3/c1-10(15)13(5)7-6-8-14(9-13)11(16)17-12(2,3)4/h6-9H2,1-5H3. The Hall–Kier alpha value is -1.06. The van der Waals surface area contributed by atoms with Crippen molar-refractivity contribution in [3.63, 3.8) is 0 Å². The van der Waals surface area contributed by atoms with E-state index in [4.69, 9.17) is 4.74 Å². The normalized spacial score (nSPS) is 25.6. The Labute approximate surface area is 103 Å². The van der Waals surface area contributed by atoms with Crippen LogP contribution in [0.25, 0.3) is 0 Å². The van der Waals surface area contributed by atoms with Gasteiger partial charge in [0.1, 0.15) is 11.4 Å². The highest BCUT2D eigenvalue weighted by Crippen LogP contribution is 2.31. The van der Waals surface area contributed by atoms with Gasteiger partial charge in [-0.25, -0.2) is 4.79 Å². The molecule has 1 unspecified atom stereocenters. The Bertz CT molecular complexity index is 319. The van der Waals surface area contributed by atoms with Crippen LogP contribution in [0.5, 0.6) is 0 Å². The Kier molecular flexibility index (Phi) is 3.84. The summed E-state index contributed by atoms with van der Waals surface area (Å²) in [6.07, 6.45) is 1.39. The molecule has 0 radical (unpaired) electrons. The third-order valence-electron chi connectivity index (χ3n) is 3.20. The topological polar surface area (TPSA) is 46.6 Å². The van der Waals surface area contributed by atoms with Gasteiger partial charge in [-0.15, -0.1) is 0 Å². The summed E-state index contributed by atoms with van der Waals surface area (Å²) >= 11 is 0. The zero-order valence-electron chi connectivity index (χ0n) is 11.5. The lowest BCUT2D eigenvalue weighted by atomic mass is 9.79. The fourth-order valence-corrected chi connectivity index (χ4v) is 2.01. The predicted octanol–water partition coefficient (Wildman–Crippen LogP) is 2.61. The summed E-state index contributed by atoms with van der Waals surface area (Å²) in [5.74, 6) is 0.144. The van der Waals surface area contributed by atoms with Crippen LogP contribution in [0.3, 0.4) is 0 Å². The van der Waals surface area contributed by atoms with E-state index < -0.39 is 11.0 Å². The van der Waals surface area contributed by atoms with Crippen molar-refractivity contribution in [1.82, 2.24) is 4.90 Å². The van der Waals surface area contributed by atoms with E-state index in [9.17, 15) is 9.59 Å². The lowest BCUT2D eigenvalue weighted by Gasteiger charge is -2.39. The highest BCUT2D eigenvalue weighted by Gasteiger charge is 2.38. The third kappa shape index (κ3) is 3.72. The van der Waals surface area contributed by atoms with Crippen molar-refractivity contribution in [2.75, 3.05) is 13.1 Å². The molecule has 1 saturated heterocycles. The molecule has 0 N–H and O–H groups in total. The van der Waals surface area contributed by atoms with E-state index in [1.165, 1.54) is 0 Å². The number of ether oxygens (including phenoxy) is 1. The van der Waals surface area contributed by atoms with Crippen LogP contribution in [0.15, 0.2) is 0 Å². The fourth-order valence-electron chi connectivity index (χ4n) is 2.01. The summed E-state index contributed by atoms with van der Waals surface area (Å²) in [7, 11) is 0. The number of ketones is 1. The van der Waals surface area contributed by atoms with Crippen molar-refractivity contribution in [2.45, 2.75) is 53.1 Å². The molecule has 0 spiro atoms. The van der Waals surface area contributed by atoms with Gasteiger partial charge >= 0.3 is 6.09 Å². The molecule has 17 heavy (non-hydrogen) atoms. The monoisotopic (exact) mass is 241 g/mol. The number of likely N-dealkylation sites (tertiary alicyclic amines) is 1. The number of rotatable bonds is 1. The highest BCUT2D eigenvalue weighted by atomic mass is 16.6. The van der Waals surface area contributed by atoms with Gasteiger partial charge in [0.15, 0.2) is 0 Å². The first-order valence-corrected chi connectivity index (χ1v) is 6.13. The average molecular weight is 241 g/mol. The Morgan fingerprint density at radius 2 is 1.88 bits per heavy atom. The van der Waals surface area contributed by atoms with Crippen molar-refractivity contribution in [3.05, 3.63) is 0 Å². The van der Waals surface area contributed by atoms with Gasteiger partial charge in [-0.1, -0.05) is 6.92 Å². The average Bonchev–Trinajstić information content (AvgIpc) is 2.15. The molecule has 0 aliphatic carbocycles. The molecule has 1 atom stereocenters. The summed E-state index contributed by atoms with van der Waals surface area (Å²) in [5.41, 5.74) is -0.893. The van der Waals surface area contributed by atoms with E-state index in [1.807, 2.05) is 27.7 Å². The summed E-state index contributed by atoms with van der Waals surface area (Å²) in [6, 6.07) is 0. The molecule has 0 aromatic heterocycles. The van der Waals surface area contributed by atoms with E-state index >= 15 is 0 Å². The zero-order valence-corrected chi connectivity index (χ0v) is 11.5. The molecule has 1 heterocycles. The first-order chi connectivity index (χ1) is 7.64. The molecular formula is C13H23NO3. The second-order valence-corrected chi connectivity index (χ2v) is 6.12. The van der Waals surface area contributed by atoms with Gasteiger partial charge in [-0.2, -0.15) is 0 Å².